The number of aryl methyl sites for hydroxylation is 1. The summed E-state index contributed by atoms with van der Waals surface area (Å²) in [5, 5.41) is 22.1. The Morgan fingerprint density at radius 2 is 1.88 bits per heavy atom. The summed E-state index contributed by atoms with van der Waals surface area (Å²) in [5.41, 5.74) is 7.15. The van der Waals surface area contributed by atoms with Gasteiger partial charge in [0.15, 0.2) is 0 Å². The van der Waals surface area contributed by atoms with Gasteiger partial charge in [-0.05, 0) is 71.2 Å². The van der Waals surface area contributed by atoms with E-state index in [1.807, 2.05) is 6.07 Å². The Morgan fingerprint density at radius 3 is 2.58 bits per heavy atom. The largest absolute Gasteiger partial charge is 0.395 e. The van der Waals surface area contributed by atoms with Gasteiger partial charge in [-0.15, -0.1) is 11.3 Å². The topological polar surface area (TPSA) is 56.0 Å². The third kappa shape index (κ3) is 6.32. The molecule has 3 nitrogen and oxygen atoms in total. The number of nitrogens with zero attached hydrogens (tertiary/aromatic N) is 1. The maximum atomic E-state index is 9.52. The molecule has 1 aliphatic carbocycles. The van der Waals surface area contributed by atoms with Gasteiger partial charge in [0.1, 0.15) is 0 Å². The van der Waals surface area contributed by atoms with Crippen molar-refractivity contribution in [2.24, 2.45) is 5.92 Å². The third-order valence-corrected chi connectivity index (χ3v) is 6.85. The lowest BCUT2D eigenvalue weighted by atomic mass is 10.00. The summed E-state index contributed by atoms with van der Waals surface area (Å²) in [6.45, 7) is 9.44. The van der Waals surface area contributed by atoms with Crippen LogP contribution in [0.2, 0.25) is 0 Å². The van der Waals surface area contributed by atoms with Crippen LogP contribution in [0.5, 0.6) is 0 Å². The van der Waals surface area contributed by atoms with Gasteiger partial charge in [-0.2, -0.15) is 5.26 Å². The van der Waals surface area contributed by atoms with E-state index in [0.717, 1.165) is 48.3 Å². The molecular formula is C29H36N2OS. The van der Waals surface area contributed by atoms with Crippen LogP contribution >= 0.6 is 11.3 Å². The van der Waals surface area contributed by atoms with E-state index in [9.17, 15) is 5.26 Å². The van der Waals surface area contributed by atoms with Gasteiger partial charge in [0.05, 0.1) is 18.2 Å². The van der Waals surface area contributed by atoms with Crippen molar-refractivity contribution in [3.63, 3.8) is 0 Å². The predicted molar refractivity (Wildman–Crippen MR) is 141 cm³/mol. The average Bonchev–Trinajstić information content (AvgIpc) is 3.45. The fourth-order valence-corrected chi connectivity index (χ4v) is 5.35. The Bertz CT molecular complexity index is 1090. The molecule has 0 saturated carbocycles. The third-order valence-electron chi connectivity index (χ3n) is 5.68. The molecule has 1 aromatic heterocycles. The van der Waals surface area contributed by atoms with Gasteiger partial charge < -0.3 is 10.4 Å². The van der Waals surface area contributed by atoms with Crippen molar-refractivity contribution in [1.29, 1.82) is 5.26 Å². The van der Waals surface area contributed by atoms with Crippen LogP contribution in [0.4, 0.5) is 0 Å². The molecule has 33 heavy (non-hydrogen) atoms. The zero-order valence-electron chi connectivity index (χ0n) is 20.3. The summed E-state index contributed by atoms with van der Waals surface area (Å²) in [7, 11) is 0. The molecular weight excluding hydrogens is 424 g/mol. The molecule has 0 aliphatic heterocycles. The van der Waals surface area contributed by atoms with E-state index in [1.165, 1.54) is 26.4 Å². The molecule has 4 rings (SSSR count). The SMILES string of the molecule is CC(C)C.CCCc1ccc(-c2ccc(-c3cccc4c3CCC4NCCO)s2)cc1C#N. The summed E-state index contributed by atoms with van der Waals surface area (Å²) in [6.07, 6.45) is 4.13. The number of fused-ring (bicyclic) bond motifs is 1. The fraction of sp³-hybridized carbons (Fsp3) is 0.414. The highest BCUT2D eigenvalue weighted by atomic mass is 32.1. The van der Waals surface area contributed by atoms with E-state index >= 15 is 0 Å². The van der Waals surface area contributed by atoms with Crippen molar-refractivity contribution in [3.05, 3.63) is 70.8 Å². The highest BCUT2D eigenvalue weighted by Crippen LogP contribution is 2.41. The van der Waals surface area contributed by atoms with E-state index in [0.29, 0.717) is 12.6 Å². The Hall–Kier alpha value is -2.45. The first kappa shape index (κ1) is 25.2. The first-order valence-corrected chi connectivity index (χ1v) is 12.9. The number of aliphatic hydroxyl groups is 1. The van der Waals surface area contributed by atoms with Gasteiger partial charge in [0, 0.05) is 22.3 Å². The van der Waals surface area contributed by atoms with Gasteiger partial charge in [-0.3, -0.25) is 0 Å². The molecule has 0 spiro atoms. The molecule has 4 heteroatoms. The predicted octanol–water partition coefficient (Wildman–Crippen LogP) is 7.14. The maximum Gasteiger partial charge on any atom is 0.0994 e. The molecule has 0 radical (unpaired) electrons. The number of nitrogens with one attached hydrogen (secondary N) is 1. The molecule has 0 fully saturated rings. The molecule has 0 amide bonds. The molecule has 1 unspecified atom stereocenters. The average molecular weight is 461 g/mol. The van der Waals surface area contributed by atoms with Gasteiger partial charge in [0.25, 0.3) is 0 Å². The van der Waals surface area contributed by atoms with Gasteiger partial charge >= 0.3 is 0 Å². The van der Waals surface area contributed by atoms with E-state index in [2.05, 4.69) is 81.5 Å². The van der Waals surface area contributed by atoms with Crippen LogP contribution in [-0.4, -0.2) is 18.3 Å². The minimum absolute atomic E-state index is 0.168. The van der Waals surface area contributed by atoms with E-state index in [4.69, 9.17) is 5.11 Å². The Kier molecular flexibility index (Phi) is 9.26. The van der Waals surface area contributed by atoms with E-state index in [1.54, 1.807) is 11.3 Å². The highest BCUT2D eigenvalue weighted by Gasteiger charge is 2.24. The summed E-state index contributed by atoms with van der Waals surface area (Å²) in [4.78, 5) is 2.47. The lowest BCUT2D eigenvalue weighted by molar-refractivity contribution is 0.284. The van der Waals surface area contributed by atoms with Gasteiger partial charge in [0.2, 0.25) is 0 Å². The second-order valence-corrected chi connectivity index (χ2v) is 10.4. The molecule has 3 aromatic rings. The number of hydrogen-bond acceptors (Lipinski definition) is 4. The molecule has 0 saturated heterocycles. The molecule has 1 heterocycles. The number of nitriles is 1. The van der Waals surface area contributed by atoms with Gasteiger partial charge in [-0.1, -0.05) is 64.4 Å². The number of hydrogen-bond donors (Lipinski definition) is 2. The summed E-state index contributed by atoms with van der Waals surface area (Å²) < 4.78 is 0. The number of thiophene rings is 1. The van der Waals surface area contributed by atoms with E-state index in [-0.39, 0.29) is 6.61 Å². The minimum Gasteiger partial charge on any atom is -0.395 e. The smallest absolute Gasteiger partial charge is 0.0994 e. The van der Waals surface area contributed by atoms with E-state index < -0.39 is 0 Å². The monoisotopic (exact) mass is 460 g/mol. The Balaban J connectivity index is 0.000000709. The van der Waals surface area contributed by atoms with Crippen LogP contribution in [0, 0.1) is 17.2 Å². The van der Waals surface area contributed by atoms with Crippen LogP contribution in [0.25, 0.3) is 20.9 Å². The quantitative estimate of drug-likeness (QED) is 0.394. The summed E-state index contributed by atoms with van der Waals surface area (Å²) in [6, 6.07) is 19.9. The fourth-order valence-electron chi connectivity index (χ4n) is 4.29. The number of aliphatic hydroxyl groups excluding tert-OH is 1. The van der Waals surface area contributed by atoms with Crippen molar-refractivity contribution >= 4 is 11.3 Å². The first-order chi connectivity index (χ1) is 16.0. The van der Waals surface area contributed by atoms with Crippen molar-refractivity contribution in [2.45, 2.75) is 59.4 Å². The zero-order valence-corrected chi connectivity index (χ0v) is 21.1. The van der Waals surface area contributed by atoms with Crippen LogP contribution in [0.3, 0.4) is 0 Å². The molecule has 2 N–H and O–H groups in total. The Labute approximate surface area is 203 Å². The summed E-state index contributed by atoms with van der Waals surface area (Å²) >= 11 is 1.79. The molecule has 2 aromatic carbocycles. The Morgan fingerprint density at radius 1 is 1.12 bits per heavy atom. The van der Waals surface area contributed by atoms with Crippen molar-refractivity contribution in [1.82, 2.24) is 5.32 Å². The molecule has 0 bridgehead atoms. The molecule has 1 atom stereocenters. The van der Waals surface area contributed by atoms with Crippen LogP contribution in [-0.2, 0) is 12.8 Å². The van der Waals surface area contributed by atoms with Crippen LogP contribution in [0.1, 0.15) is 68.8 Å². The van der Waals surface area contributed by atoms with Crippen molar-refractivity contribution in [3.8, 4) is 27.0 Å². The standard InChI is InChI=1S/C25H26N2OS.C4H10/c1-2-4-17-7-8-18(15-19(17)16-26)24-11-12-25(29-24)22-6-3-5-21-20(22)9-10-23(21)27-13-14-28;1-4(2)3/h3,5-8,11-12,15,23,27-28H,2,4,9-10,13-14H2,1H3;4H,1-3H3. The highest BCUT2D eigenvalue weighted by molar-refractivity contribution is 7.18. The molecule has 174 valence electrons. The second kappa shape index (κ2) is 12.1. The van der Waals surface area contributed by atoms with Crippen LogP contribution in [0.15, 0.2) is 48.5 Å². The maximum absolute atomic E-state index is 9.52. The lowest BCUT2D eigenvalue weighted by Gasteiger charge is -2.13. The molecule has 1 aliphatic rings. The first-order valence-electron chi connectivity index (χ1n) is 12.1. The number of rotatable bonds is 7. The van der Waals surface area contributed by atoms with Crippen LogP contribution < -0.4 is 5.32 Å². The summed E-state index contributed by atoms with van der Waals surface area (Å²) in [5.74, 6) is 0.833. The van der Waals surface area contributed by atoms with Crippen molar-refractivity contribution < 1.29 is 5.11 Å². The zero-order chi connectivity index (χ0) is 23.8. The lowest BCUT2D eigenvalue weighted by Crippen LogP contribution is -2.22. The van der Waals surface area contributed by atoms with Gasteiger partial charge in [-0.25, -0.2) is 0 Å². The number of benzene rings is 2. The minimum atomic E-state index is 0.168. The normalized spacial score (nSPS) is 14.5. The van der Waals surface area contributed by atoms with Crippen molar-refractivity contribution in [2.75, 3.05) is 13.2 Å². The second-order valence-electron chi connectivity index (χ2n) is 9.27.